The Labute approximate surface area is 131 Å². The van der Waals surface area contributed by atoms with Crippen molar-refractivity contribution >= 4 is 17.5 Å². The van der Waals surface area contributed by atoms with Crippen LogP contribution in [0.1, 0.15) is 49.7 Å². The molecule has 0 radical (unpaired) electrons. The van der Waals surface area contributed by atoms with Gasteiger partial charge < -0.3 is 9.64 Å². The molecule has 2 rings (SSSR count). The molecule has 0 aromatic carbocycles. The summed E-state index contributed by atoms with van der Waals surface area (Å²) in [6.45, 7) is 7.34. The molecule has 1 fully saturated rings. The quantitative estimate of drug-likeness (QED) is 0.784. The van der Waals surface area contributed by atoms with Crippen molar-refractivity contribution in [3.05, 3.63) is 28.5 Å². The lowest BCUT2D eigenvalue weighted by Gasteiger charge is -2.24. The van der Waals surface area contributed by atoms with Crippen LogP contribution in [0.5, 0.6) is 0 Å². The summed E-state index contributed by atoms with van der Waals surface area (Å²) in [6, 6.07) is 3.86. The van der Waals surface area contributed by atoms with Gasteiger partial charge >= 0.3 is 0 Å². The van der Waals surface area contributed by atoms with Crippen LogP contribution in [-0.2, 0) is 10.2 Å². The molecule has 0 aliphatic heterocycles. The van der Waals surface area contributed by atoms with E-state index in [1.165, 1.54) is 0 Å². The van der Waals surface area contributed by atoms with E-state index >= 15 is 0 Å². The van der Waals surface area contributed by atoms with E-state index in [1.807, 2.05) is 11.0 Å². The van der Waals surface area contributed by atoms with Crippen LogP contribution in [0.15, 0.2) is 12.1 Å². The van der Waals surface area contributed by atoms with Gasteiger partial charge in [-0.25, -0.2) is 4.98 Å². The maximum atomic E-state index is 12.7. The Morgan fingerprint density at radius 1 is 1.43 bits per heavy atom. The van der Waals surface area contributed by atoms with Gasteiger partial charge in [-0.15, -0.1) is 0 Å². The maximum absolute atomic E-state index is 12.7. The monoisotopic (exact) mass is 310 g/mol. The Hall–Kier alpha value is -1.13. The third kappa shape index (κ3) is 4.17. The number of aromatic nitrogens is 1. The number of ether oxygens (including phenoxy) is 1. The molecule has 4 nitrogen and oxygen atoms in total. The summed E-state index contributed by atoms with van der Waals surface area (Å²) >= 11 is 6.10. The number of carbonyl (C=O) groups is 1. The molecule has 1 aliphatic rings. The number of hydrogen-bond donors (Lipinski definition) is 0. The zero-order chi connectivity index (χ0) is 15.6. The second kappa shape index (κ2) is 6.32. The van der Waals surface area contributed by atoms with Crippen LogP contribution in [0.25, 0.3) is 0 Å². The van der Waals surface area contributed by atoms with Crippen LogP contribution in [0, 0.1) is 0 Å². The van der Waals surface area contributed by atoms with Crippen molar-refractivity contribution in [2.45, 2.75) is 45.1 Å². The minimum Gasteiger partial charge on any atom is -0.383 e. The molecule has 1 saturated carbocycles. The fourth-order valence-corrected chi connectivity index (χ4v) is 2.40. The molecule has 21 heavy (non-hydrogen) atoms. The average Bonchev–Trinajstić information content (AvgIpc) is 3.22. The van der Waals surface area contributed by atoms with Crippen molar-refractivity contribution in [3.8, 4) is 0 Å². The smallest absolute Gasteiger partial charge is 0.254 e. The van der Waals surface area contributed by atoms with Crippen molar-refractivity contribution in [3.63, 3.8) is 0 Å². The van der Waals surface area contributed by atoms with Crippen LogP contribution < -0.4 is 0 Å². The molecule has 1 amide bonds. The van der Waals surface area contributed by atoms with Crippen LogP contribution >= 0.6 is 11.6 Å². The molecule has 1 heterocycles. The molecule has 1 aromatic rings. The van der Waals surface area contributed by atoms with Crippen LogP contribution in [0.3, 0.4) is 0 Å². The number of methoxy groups -OCH3 is 1. The highest BCUT2D eigenvalue weighted by Gasteiger charge is 2.33. The third-order valence-electron chi connectivity index (χ3n) is 3.59. The van der Waals surface area contributed by atoms with Gasteiger partial charge in [0.2, 0.25) is 0 Å². The van der Waals surface area contributed by atoms with Gasteiger partial charge in [0.15, 0.2) is 0 Å². The van der Waals surface area contributed by atoms with E-state index in [2.05, 4.69) is 25.8 Å². The van der Waals surface area contributed by atoms with Gasteiger partial charge in [-0.1, -0.05) is 32.4 Å². The summed E-state index contributed by atoms with van der Waals surface area (Å²) in [6.07, 6.45) is 2.14. The Morgan fingerprint density at radius 2 is 2.10 bits per heavy atom. The molecule has 116 valence electrons. The van der Waals surface area contributed by atoms with Crippen LogP contribution in [0.2, 0.25) is 5.15 Å². The molecule has 5 heteroatoms. The largest absolute Gasteiger partial charge is 0.383 e. The van der Waals surface area contributed by atoms with E-state index in [-0.39, 0.29) is 11.3 Å². The van der Waals surface area contributed by atoms with E-state index in [1.54, 1.807) is 13.2 Å². The van der Waals surface area contributed by atoms with Crippen molar-refractivity contribution in [1.29, 1.82) is 0 Å². The predicted molar refractivity (Wildman–Crippen MR) is 83.9 cm³/mol. The van der Waals surface area contributed by atoms with Gasteiger partial charge in [0.05, 0.1) is 6.61 Å². The molecule has 0 unspecified atom stereocenters. The fraction of sp³-hybridized carbons (Fsp3) is 0.625. The number of halogens is 1. The number of pyridine rings is 1. The number of carbonyl (C=O) groups excluding carboxylic acids is 1. The Balaban J connectivity index is 2.26. The van der Waals surface area contributed by atoms with Gasteiger partial charge in [0.25, 0.3) is 5.91 Å². The zero-order valence-corrected chi connectivity index (χ0v) is 13.9. The third-order valence-corrected chi connectivity index (χ3v) is 3.79. The first-order valence-corrected chi connectivity index (χ1v) is 7.68. The lowest BCUT2D eigenvalue weighted by atomic mass is 9.90. The van der Waals surface area contributed by atoms with Crippen molar-refractivity contribution in [2.75, 3.05) is 20.3 Å². The molecule has 0 spiro atoms. The first-order valence-electron chi connectivity index (χ1n) is 7.31. The molecular weight excluding hydrogens is 288 g/mol. The van der Waals surface area contributed by atoms with Gasteiger partial charge in [0.1, 0.15) is 5.15 Å². The van der Waals surface area contributed by atoms with Crippen LogP contribution in [-0.4, -0.2) is 42.1 Å². The highest BCUT2D eigenvalue weighted by atomic mass is 35.5. The molecule has 1 aliphatic carbocycles. The van der Waals surface area contributed by atoms with E-state index in [9.17, 15) is 4.79 Å². The van der Waals surface area contributed by atoms with E-state index in [0.29, 0.717) is 29.9 Å². The minimum absolute atomic E-state index is 0.0179. The van der Waals surface area contributed by atoms with Gasteiger partial charge in [-0.3, -0.25) is 4.79 Å². The lowest BCUT2D eigenvalue weighted by molar-refractivity contribution is 0.0680. The number of rotatable bonds is 5. The van der Waals surface area contributed by atoms with E-state index < -0.39 is 0 Å². The van der Waals surface area contributed by atoms with Crippen LogP contribution in [0.4, 0.5) is 0 Å². The summed E-state index contributed by atoms with van der Waals surface area (Å²) in [7, 11) is 1.65. The summed E-state index contributed by atoms with van der Waals surface area (Å²) < 4.78 is 5.11. The summed E-state index contributed by atoms with van der Waals surface area (Å²) in [5.41, 5.74) is 1.31. The average molecular weight is 311 g/mol. The Kier molecular flexibility index (Phi) is 4.89. The number of amides is 1. The molecular formula is C16H23ClN2O2. The second-order valence-corrected chi connectivity index (χ2v) is 6.92. The topological polar surface area (TPSA) is 42.4 Å². The van der Waals surface area contributed by atoms with Gasteiger partial charge in [0, 0.05) is 36.4 Å². The first-order chi connectivity index (χ1) is 9.82. The molecule has 1 aromatic heterocycles. The van der Waals surface area contributed by atoms with Crippen molar-refractivity contribution in [2.24, 2.45) is 0 Å². The van der Waals surface area contributed by atoms with E-state index in [4.69, 9.17) is 16.3 Å². The molecule has 0 saturated heterocycles. The van der Waals surface area contributed by atoms with Crippen molar-refractivity contribution < 1.29 is 9.53 Å². The first kappa shape index (κ1) is 16.2. The standard InChI is InChI=1S/C16H23ClN2O2/c1-16(2,3)13-9-11(10-14(17)18-13)15(20)19(7-8-21-4)12-5-6-12/h9-10,12H,5-8H2,1-4H3. The van der Waals surface area contributed by atoms with Crippen molar-refractivity contribution in [1.82, 2.24) is 9.88 Å². The molecule has 0 bridgehead atoms. The number of hydrogen-bond acceptors (Lipinski definition) is 3. The lowest BCUT2D eigenvalue weighted by Crippen LogP contribution is -2.36. The zero-order valence-electron chi connectivity index (χ0n) is 13.1. The molecule has 0 atom stereocenters. The Bertz CT molecular complexity index is 521. The van der Waals surface area contributed by atoms with Gasteiger partial charge in [-0.05, 0) is 25.0 Å². The Morgan fingerprint density at radius 3 is 2.62 bits per heavy atom. The van der Waals surface area contributed by atoms with E-state index in [0.717, 1.165) is 18.5 Å². The normalized spacial score (nSPS) is 15.1. The predicted octanol–water partition coefficient (Wildman–Crippen LogP) is 3.28. The highest BCUT2D eigenvalue weighted by Crippen LogP contribution is 2.29. The molecule has 0 N–H and O–H groups in total. The summed E-state index contributed by atoms with van der Waals surface area (Å²) in [4.78, 5) is 19.0. The fourth-order valence-electron chi connectivity index (χ4n) is 2.20. The number of nitrogens with zero attached hydrogens (tertiary/aromatic N) is 2. The summed E-state index contributed by atoms with van der Waals surface area (Å²) in [5, 5.41) is 0.369. The minimum atomic E-state index is -0.142. The SMILES string of the molecule is COCCN(C(=O)c1cc(Cl)nc(C(C)(C)C)c1)C1CC1. The summed E-state index contributed by atoms with van der Waals surface area (Å²) in [5.74, 6) is 0.0179. The van der Waals surface area contributed by atoms with Gasteiger partial charge in [-0.2, -0.15) is 0 Å². The maximum Gasteiger partial charge on any atom is 0.254 e. The highest BCUT2D eigenvalue weighted by molar-refractivity contribution is 6.29. The second-order valence-electron chi connectivity index (χ2n) is 6.54.